The third kappa shape index (κ3) is 3.05. The maximum Gasteiger partial charge on any atom is 0.336 e. The Morgan fingerprint density at radius 2 is 2.00 bits per heavy atom. The fraction of sp³-hybridized carbons (Fsp3) is 0.200. The molecule has 104 valence electrons. The van der Waals surface area contributed by atoms with E-state index in [2.05, 4.69) is 5.32 Å². The molecule has 1 aromatic carbocycles. The number of aryl methyl sites for hydroxylation is 2. The van der Waals surface area contributed by atoms with E-state index in [1.165, 1.54) is 17.4 Å². The summed E-state index contributed by atoms with van der Waals surface area (Å²) in [6.07, 6.45) is 0.894. The SMILES string of the molecule is CCc1ccc(C(=O)Nc2ccc(C)c(C(=O)O)c2)s1. The Bertz CT molecular complexity index is 661. The summed E-state index contributed by atoms with van der Waals surface area (Å²) in [6, 6.07) is 8.57. The van der Waals surface area contributed by atoms with Crippen molar-refractivity contribution in [2.45, 2.75) is 20.3 Å². The Labute approximate surface area is 121 Å². The van der Waals surface area contributed by atoms with Crippen molar-refractivity contribution in [1.82, 2.24) is 0 Å². The van der Waals surface area contributed by atoms with Gasteiger partial charge < -0.3 is 10.4 Å². The maximum atomic E-state index is 12.1. The van der Waals surface area contributed by atoms with Gasteiger partial charge in [-0.3, -0.25) is 4.79 Å². The number of benzene rings is 1. The summed E-state index contributed by atoms with van der Waals surface area (Å²) < 4.78 is 0. The molecule has 0 aliphatic heterocycles. The molecule has 0 atom stereocenters. The van der Waals surface area contributed by atoms with Crippen molar-refractivity contribution in [3.8, 4) is 0 Å². The molecule has 20 heavy (non-hydrogen) atoms. The predicted octanol–water partition coefficient (Wildman–Crippen LogP) is 3.57. The molecule has 2 rings (SSSR count). The van der Waals surface area contributed by atoms with Crippen molar-refractivity contribution in [3.05, 3.63) is 51.2 Å². The Morgan fingerprint density at radius 3 is 2.60 bits per heavy atom. The van der Waals surface area contributed by atoms with Crippen LogP contribution in [0.15, 0.2) is 30.3 Å². The molecule has 0 unspecified atom stereocenters. The molecule has 2 N–H and O–H groups in total. The number of carbonyl (C=O) groups excluding carboxylic acids is 1. The van der Waals surface area contributed by atoms with Crippen LogP contribution in [0.5, 0.6) is 0 Å². The van der Waals surface area contributed by atoms with Gasteiger partial charge in [-0.15, -0.1) is 11.3 Å². The van der Waals surface area contributed by atoms with Gasteiger partial charge in [0, 0.05) is 10.6 Å². The molecule has 0 aliphatic carbocycles. The van der Waals surface area contributed by atoms with E-state index >= 15 is 0 Å². The first-order valence-corrected chi connectivity index (χ1v) is 7.07. The number of carboxylic acids is 1. The lowest BCUT2D eigenvalue weighted by Gasteiger charge is -2.06. The number of hydrogen-bond donors (Lipinski definition) is 2. The smallest absolute Gasteiger partial charge is 0.336 e. The zero-order valence-corrected chi connectivity index (χ0v) is 12.1. The fourth-order valence-corrected chi connectivity index (χ4v) is 2.66. The number of nitrogens with one attached hydrogen (secondary N) is 1. The molecule has 0 fully saturated rings. The number of carboxylic acid groups (broad SMARTS) is 1. The maximum absolute atomic E-state index is 12.1. The Hall–Kier alpha value is -2.14. The van der Waals surface area contributed by atoms with E-state index < -0.39 is 5.97 Å². The standard InChI is InChI=1S/C15H15NO3S/c1-3-11-6-7-13(20-11)14(17)16-10-5-4-9(2)12(8-10)15(18)19/h4-8H,3H2,1-2H3,(H,16,17)(H,18,19). The first-order chi connectivity index (χ1) is 9.51. The van der Waals surface area contributed by atoms with Gasteiger partial charge in [0.25, 0.3) is 5.91 Å². The van der Waals surface area contributed by atoms with Crippen LogP contribution >= 0.6 is 11.3 Å². The second-order valence-electron chi connectivity index (χ2n) is 4.41. The summed E-state index contributed by atoms with van der Waals surface area (Å²) in [5.41, 5.74) is 1.35. The Morgan fingerprint density at radius 1 is 1.25 bits per heavy atom. The van der Waals surface area contributed by atoms with Gasteiger partial charge in [-0.25, -0.2) is 4.79 Å². The third-order valence-corrected chi connectivity index (χ3v) is 4.19. The van der Waals surface area contributed by atoms with Crippen molar-refractivity contribution < 1.29 is 14.7 Å². The molecule has 5 heteroatoms. The van der Waals surface area contributed by atoms with Crippen LogP contribution in [-0.2, 0) is 6.42 Å². The van der Waals surface area contributed by atoms with E-state index in [9.17, 15) is 9.59 Å². The summed E-state index contributed by atoms with van der Waals surface area (Å²) in [7, 11) is 0. The van der Waals surface area contributed by atoms with Crippen molar-refractivity contribution in [2.24, 2.45) is 0 Å². The number of anilines is 1. The molecule has 0 radical (unpaired) electrons. The van der Waals surface area contributed by atoms with Crippen LogP contribution < -0.4 is 5.32 Å². The molecule has 1 amide bonds. The van der Waals surface area contributed by atoms with Crippen molar-refractivity contribution in [2.75, 3.05) is 5.32 Å². The minimum Gasteiger partial charge on any atom is -0.478 e. The monoisotopic (exact) mass is 289 g/mol. The molecular formula is C15H15NO3S. The number of thiophene rings is 1. The average molecular weight is 289 g/mol. The van der Waals surface area contributed by atoms with E-state index in [1.54, 1.807) is 25.1 Å². The highest BCUT2D eigenvalue weighted by molar-refractivity contribution is 7.14. The van der Waals surface area contributed by atoms with Gasteiger partial charge in [-0.2, -0.15) is 0 Å². The molecule has 0 spiro atoms. The minimum atomic E-state index is -0.997. The summed E-state index contributed by atoms with van der Waals surface area (Å²) >= 11 is 1.45. The topological polar surface area (TPSA) is 66.4 Å². The zero-order valence-electron chi connectivity index (χ0n) is 11.3. The summed E-state index contributed by atoms with van der Waals surface area (Å²) in [5, 5.41) is 11.8. The van der Waals surface area contributed by atoms with Gasteiger partial charge in [0.2, 0.25) is 0 Å². The molecule has 1 heterocycles. The van der Waals surface area contributed by atoms with Crippen molar-refractivity contribution in [1.29, 1.82) is 0 Å². The second-order valence-corrected chi connectivity index (χ2v) is 5.58. The molecular weight excluding hydrogens is 274 g/mol. The number of hydrogen-bond acceptors (Lipinski definition) is 3. The van der Waals surface area contributed by atoms with Gasteiger partial charge in [0.1, 0.15) is 0 Å². The Kier molecular flexibility index (Phi) is 4.20. The van der Waals surface area contributed by atoms with Crippen molar-refractivity contribution >= 4 is 28.9 Å². The predicted molar refractivity (Wildman–Crippen MR) is 79.8 cm³/mol. The number of amides is 1. The first kappa shape index (κ1) is 14.3. The first-order valence-electron chi connectivity index (χ1n) is 6.25. The molecule has 0 saturated heterocycles. The Balaban J connectivity index is 2.19. The van der Waals surface area contributed by atoms with Crippen LogP contribution in [0.3, 0.4) is 0 Å². The van der Waals surface area contributed by atoms with Crippen LogP contribution in [0.2, 0.25) is 0 Å². The highest BCUT2D eigenvalue weighted by Gasteiger charge is 2.12. The van der Waals surface area contributed by atoms with Gasteiger partial charge >= 0.3 is 5.97 Å². The third-order valence-electron chi connectivity index (χ3n) is 2.96. The number of rotatable bonds is 4. The second kappa shape index (κ2) is 5.88. The molecule has 0 saturated carbocycles. The van der Waals surface area contributed by atoms with Crippen LogP contribution in [-0.4, -0.2) is 17.0 Å². The lowest BCUT2D eigenvalue weighted by atomic mass is 10.1. The highest BCUT2D eigenvalue weighted by Crippen LogP contribution is 2.20. The van der Waals surface area contributed by atoms with E-state index in [4.69, 9.17) is 5.11 Å². The molecule has 0 aliphatic rings. The van der Waals surface area contributed by atoms with E-state index in [0.717, 1.165) is 11.3 Å². The molecule has 4 nitrogen and oxygen atoms in total. The summed E-state index contributed by atoms with van der Waals surface area (Å²) in [4.78, 5) is 24.9. The van der Waals surface area contributed by atoms with Crippen LogP contribution in [0, 0.1) is 6.92 Å². The van der Waals surface area contributed by atoms with Crippen LogP contribution in [0.25, 0.3) is 0 Å². The van der Waals surface area contributed by atoms with Gasteiger partial charge in [-0.1, -0.05) is 13.0 Å². The fourth-order valence-electron chi connectivity index (χ4n) is 1.81. The van der Waals surface area contributed by atoms with Crippen molar-refractivity contribution in [3.63, 3.8) is 0 Å². The van der Waals surface area contributed by atoms with Crippen LogP contribution in [0.1, 0.15) is 37.4 Å². The lowest BCUT2D eigenvalue weighted by molar-refractivity contribution is 0.0695. The zero-order chi connectivity index (χ0) is 14.7. The van der Waals surface area contributed by atoms with Gasteiger partial charge in [-0.05, 0) is 43.2 Å². The minimum absolute atomic E-state index is 0.197. The van der Waals surface area contributed by atoms with Crippen LogP contribution in [0.4, 0.5) is 5.69 Å². The highest BCUT2D eigenvalue weighted by atomic mass is 32.1. The molecule has 1 aromatic heterocycles. The lowest BCUT2D eigenvalue weighted by Crippen LogP contribution is -2.11. The van der Waals surface area contributed by atoms with E-state index in [1.807, 2.05) is 13.0 Å². The normalized spacial score (nSPS) is 10.3. The molecule has 2 aromatic rings. The summed E-state index contributed by atoms with van der Waals surface area (Å²) in [5.74, 6) is -1.21. The average Bonchev–Trinajstić information content (AvgIpc) is 2.89. The summed E-state index contributed by atoms with van der Waals surface area (Å²) in [6.45, 7) is 3.76. The number of carbonyl (C=O) groups is 2. The largest absolute Gasteiger partial charge is 0.478 e. The van der Waals surface area contributed by atoms with E-state index in [0.29, 0.717) is 16.1 Å². The van der Waals surface area contributed by atoms with Gasteiger partial charge in [0.15, 0.2) is 0 Å². The molecule has 0 bridgehead atoms. The quantitative estimate of drug-likeness (QED) is 0.904. The number of aromatic carboxylic acids is 1. The van der Waals surface area contributed by atoms with Gasteiger partial charge in [0.05, 0.1) is 10.4 Å². The van der Waals surface area contributed by atoms with E-state index in [-0.39, 0.29) is 11.5 Å².